The van der Waals surface area contributed by atoms with Gasteiger partial charge in [0.2, 0.25) is 0 Å². The van der Waals surface area contributed by atoms with Gasteiger partial charge in [-0.3, -0.25) is 9.78 Å². The van der Waals surface area contributed by atoms with Crippen LogP contribution in [0.15, 0.2) is 71.5 Å². The number of aliphatic hydroxyl groups excluding tert-OH is 2. The summed E-state index contributed by atoms with van der Waals surface area (Å²) in [5.41, 5.74) is 2.86. The monoisotopic (exact) mass is 525 g/mol. The zero-order chi connectivity index (χ0) is 23.9. The van der Waals surface area contributed by atoms with Crippen LogP contribution in [-0.2, 0) is 6.61 Å². The lowest BCUT2D eigenvalue weighted by Crippen LogP contribution is -2.38. The second-order valence-corrected chi connectivity index (χ2v) is 9.32. The van der Waals surface area contributed by atoms with E-state index in [0.717, 1.165) is 36.0 Å². The van der Waals surface area contributed by atoms with Gasteiger partial charge in [-0.15, -0.1) is 0 Å². The molecule has 0 bridgehead atoms. The van der Waals surface area contributed by atoms with Crippen molar-refractivity contribution in [3.05, 3.63) is 88.2 Å². The number of piperidine rings is 1. The van der Waals surface area contributed by atoms with Crippen molar-refractivity contribution < 1.29 is 19.7 Å². The number of amides is 1. The van der Waals surface area contributed by atoms with E-state index in [1.54, 1.807) is 36.7 Å². The molecule has 3 aromatic rings. The number of aromatic nitrogens is 1. The van der Waals surface area contributed by atoms with E-state index in [1.165, 1.54) is 0 Å². The Morgan fingerprint density at radius 1 is 1.12 bits per heavy atom. The Labute approximate surface area is 207 Å². The summed E-state index contributed by atoms with van der Waals surface area (Å²) in [5.74, 6) is 0.425. The van der Waals surface area contributed by atoms with Crippen LogP contribution in [-0.4, -0.2) is 51.7 Å². The molecular formula is C26H28BrN3O4. The van der Waals surface area contributed by atoms with E-state index in [-0.39, 0.29) is 12.0 Å². The molecule has 1 aliphatic heterocycles. The number of aliphatic hydroxyl groups is 2. The number of hydrogen-bond donors (Lipinski definition) is 3. The lowest BCUT2D eigenvalue weighted by atomic mass is 10.0. The van der Waals surface area contributed by atoms with Crippen LogP contribution in [0.1, 0.15) is 40.4 Å². The normalized spacial score (nSPS) is 15.6. The zero-order valence-corrected chi connectivity index (χ0v) is 20.3. The van der Waals surface area contributed by atoms with Crippen molar-refractivity contribution in [1.29, 1.82) is 0 Å². The maximum Gasteiger partial charge on any atom is 0.255 e. The van der Waals surface area contributed by atoms with Crippen LogP contribution in [0.3, 0.4) is 0 Å². The molecule has 0 spiro atoms. The molecule has 2 aromatic carbocycles. The quantitative estimate of drug-likeness (QED) is 0.408. The van der Waals surface area contributed by atoms with Crippen molar-refractivity contribution in [3.8, 4) is 5.75 Å². The fraction of sp³-hybridized carbons (Fsp3) is 0.308. The number of carbonyl (C=O) groups excluding carboxylic acids is 1. The average Bonchev–Trinajstić information content (AvgIpc) is 2.85. The highest BCUT2D eigenvalue weighted by Crippen LogP contribution is 2.30. The van der Waals surface area contributed by atoms with Gasteiger partial charge in [-0.1, -0.05) is 28.1 Å². The standard InChI is InChI=1S/C26H28BrN3O4/c27-20-5-6-25(23(15-20)24(32)16-30-13-9-22(31)10-14-30)34-17-18-1-3-19(4-2-18)26(33)29-21-7-11-28-12-8-21/h1-8,11-12,15,22,24,31-32H,9-10,13-14,16-17H2,(H,28,29,33). The number of β-amino-alcohol motifs (C(OH)–C–C–N with tert-alkyl or cyclic N) is 1. The molecular weight excluding hydrogens is 498 g/mol. The summed E-state index contributed by atoms with van der Waals surface area (Å²) in [4.78, 5) is 18.5. The first-order valence-electron chi connectivity index (χ1n) is 11.3. The number of carbonyl (C=O) groups is 1. The van der Waals surface area contributed by atoms with Crippen LogP contribution < -0.4 is 10.1 Å². The fourth-order valence-electron chi connectivity index (χ4n) is 3.91. The summed E-state index contributed by atoms with van der Waals surface area (Å²) in [6.07, 6.45) is 3.75. The first-order valence-corrected chi connectivity index (χ1v) is 12.1. The Balaban J connectivity index is 1.37. The SMILES string of the molecule is O=C(Nc1ccncc1)c1ccc(COc2ccc(Br)cc2C(O)CN2CCC(O)CC2)cc1. The molecule has 1 aromatic heterocycles. The number of benzene rings is 2. The van der Waals surface area contributed by atoms with Gasteiger partial charge in [0.05, 0.1) is 12.2 Å². The molecule has 1 unspecified atom stereocenters. The van der Waals surface area contributed by atoms with Gasteiger partial charge >= 0.3 is 0 Å². The third-order valence-electron chi connectivity index (χ3n) is 5.87. The summed E-state index contributed by atoms with van der Waals surface area (Å²) >= 11 is 3.48. The number of halogens is 1. The first kappa shape index (κ1) is 24.3. The van der Waals surface area contributed by atoms with Gasteiger partial charge < -0.3 is 25.2 Å². The van der Waals surface area contributed by atoms with Gasteiger partial charge in [0.1, 0.15) is 12.4 Å². The van der Waals surface area contributed by atoms with Gasteiger partial charge in [0.25, 0.3) is 5.91 Å². The topological polar surface area (TPSA) is 94.9 Å². The maximum absolute atomic E-state index is 12.4. The van der Waals surface area contributed by atoms with E-state index in [2.05, 4.69) is 31.1 Å². The number of likely N-dealkylation sites (tertiary alicyclic amines) is 1. The Kier molecular flexibility index (Phi) is 8.29. The molecule has 34 heavy (non-hydrogen) atoms. The highest BCUT2D eigenvalue weighted by molar-refractivity contribution is 9.10. The molecule has 2 heterocycles. The minimum Gasteiger partial charge on any atom is -0.489 e. The number of rotatable bonds is 8. The van der Waals surface area contributed by atoms with Crippen molar-refractivity contribution in [3.63, 3.8) is 0 Å². The van der Waals surface area contributed by atoms with Crippen molar-refractivity contribution in [2.45, 2.75) is 31.7 Å². The summed E-state index contributed by atoms with van der Waals surface area (Å²) < 4.78 is 6.92. The van der Waals surface area contributed by atoms with Gasteiger partial charge in [-0.25, -0.2) is 0 Å². The number of nitrogens with zero attached hydrogens (tertiary/aromatic N) is 2. The Bertz CT molecular complexity index is 1090. The number of pyridine rings is 1. The molecule has 1 aliphatic rings. The molecule has 1 saturated heterocycles. The van der Waals surface area contributed by atoms with Crippen molar-refractivity contribution in [2.24, 2.45) is 0 Å². The lowest BCUT2D eigenvalue weighted by molar-refractivity contribution is 0.0498. The smallest absolute Gasteiger partial charge is 0.255 e. The molecule has 178 valence electrons. The van der Waals surface area contributed by atoms with Crippen molar-refractivity contribution in [1.82, 2.24) is 9.88 Å². The number of anilines is 1. The molecule has 1 fully saturated rings. The van der Waals surface area contributed by atoms with Gasteiger partial charge in [0, 0.05) is 53.3 Å². The van der Waals surface area contributed by atoms with Crippen LogP contribution in [0.4, 0.5) is 5.69 Å². The molecule has 8 heteroatoms. The van der Waals surface area contributed by atoms with Crippen LogP contribution in [0.25, 0.3) is 0 Å². The highest BCUT2D eigenvalue weighted by Gasteiger charge is 2.22. The summed E-state index contributed by atoms with van der Waals surface area (Å²) in [6.45, 7) is 2.33. The first-order chi connectivity index (χ1) is 16.5. The number of ether oxygens (including phenoxy) is 1. The minimum absolute atomic E-state index is 0.192. The summed E-state index contributed by atoms with van der Waals surface area (Å²) in [7, 11) is 0. The third-order valence-corrected chi connectivity index (χ3v) is 6.36. The van der Waals surface area contributed by atoms with E-state index in [0.29, 0.717) is 35.7 Å². The van der Waals surface area contributed by atoms with Crippen molar-refractivity contribution >= 4 is 27.5 Å². The van der Waals surface area contributed by atoms with Crippen molar-refractivity contribution in [2.75, 3.05) is 25.0 Å². The number of hydrogen-bond acceptors (Lipinski definition) is 6. The molecule has 0 saturated carbocycles. The van der Waals surface area contributed by atoms with E-state index in [1.807, 2.05) is 30.3 Å². The lowest BCUT2D eigenvalue weighted by Gasteiger charge is -2.31. The van der Waals surface area contributed by atoms with Crippen LogP contribution in [0.2, 0.25) is 0 Å². The average molecular weight is 526 g/mol. The fourth-order valence-corrected chi connectivity index (χ4v) is 4.29. The maximum atomic E-state index is 12.4. The summed E-state index contributed by atoms with van der Waals surface area (Å²) in [5, 5.41) is 23.5. The molecule has 1 amide bonds. The zero-order valence-electron chi connectivity index (χ0n) is 18.7. The minimum atomic E-state index is -0.706. The van der Waals surface area contributed by atoms with Crippen LogP contribution in [0, 0.1) is 0 Å². The molecule has 0 radical (unpaired) electrons. The van der Waals surface area contributed by atoms with E-state index < -0.39 is 6.10 Å². The van der Waals surface area contributed by atoms with Gasteiger partial charge in [0.15, 0.2) is 0 Å². The Hall–Kier alpha value is -2.78. The third kappa shape index (κ3) is 6.64. The van der Waals surface area contributed by atoms with Crippen LogP contribution in [0.5, 0.6) is 5.75 Å². The molecule has 0 aliphatic carbocycles. The van der Waals surface area contributed by atoms with Crippen LogP contribution >= 0.6 is 15.9 Å². The van der Waals surface area contributed by atoms with E-state index in [9.17, 15) is 15.0 Å². The second kappa shape index (κ2) is 11.6. The molecule has 3 N–H and O–H groups in total. The van der Waals surface area contributed by atoms with E-state index in [4.69, 9.17) is 4.74 Å². The second-order valence-electron chi connectivity index (χ2n) is 8.41. The highest BCUT2D eigenvalue weighted by atomic mass is 79.9. The Morgan fingerprint density at radius 3 is 2.53 bits per heavy atom. The largest absolute Gasteiger partial charge is 0.489 e. The molecule has 7 nitrogen and oxygen atoms in total. The Morgan fingerprint density at radius 2 is 1.82 bits per heavy atom. The van der Waals surface area contributed by atoms with E-state index >= 15 is 0 Å². The number of nitrogens with one attached hydrogen (secondary N) is 1. The predicted molar refractivity (Wildman–Crippen MR) is 134 cm³/mol. The summed E-state index contributed by atoms with van der Waals surface area (Å²) in [6, 6.07) is 16.3. The molecule has 1 atom stereocenters. The predicted octanol–water partition coefficient (Wildman–Crippen LogP) is 4.17. The molecule has 4 rings (SSSR count). The van der Waals surface area contributed by atoms with Gasteiger partial charge in [-0.2, -0.15) is 0 Å². The van der Waals surface area contributed by atoms with Gasteiger partial charge in [-0.05, 0) is 60.9 Å².